The van der Waals surface area contributed by atoms with Crippen molar-refractivity contribution < 1.29 is 14.6 Å². The van der Waals surface area contributed by atoms with Crippen LogP contribution in [0.25, 0.3) is 11.0 Å². The molecule has 2 atom stereocenters. The molecule has 1 aliphatic heterocycles. The van der Waals surface area contributed by atoms with Gasteiger partial charge >= 0.3 is 0 Å². The fourth-order valence-corrected chi connectivity index (χ4v) is 3.93. The van der Waals surface area contributed by atoms with Crippen LogP contribution >= 0.6 is 0 Å². The maximum atomic E-state index is 10.4. The predicted octanol–water partition coefficient (Wildman–Crippen LogP) is 3.09. The van der Waals surface area contributed by atoms with E-state index < -0.39 is 11.5 Å². The average Bonchev–Trinajstić information content (AvgIpc) is 2.87. The first-order valence-corrected chi connectivity index (χ1v) is 8.58. The van der Waals surface area contributed by atoms with Gasteiger partial charge in [-0.05, 0) is 31.4 Å². The number of para-hydroxylation sites is 1. The minimum atomic E-state index is -0.416. The van der Waals surface area contributed by atoms with Crippen LogP contribution in [0.1, 0.15) is 37.5 Å². The monoisotopic (exact) mass is 317 g/mol. The largest absolute Gasteiger partial charge is 0.459 e. The maximum absolute atomic E-state index is 10.4. The summed E-state index contributed by atoms with van der Waals surface area (Å²) in [5, 5.41) is 21.4. The standard InChI is InChI=1S/C19H27NO3/c1-3-9-19(13-21)12-20(10-8-18(19)22)11-17-14(2)15-6-4-5-7-16(15)23-17/h4-7,18,21-22H,3,8-13H2,1-2H3/t18-,19+/m1/s1. The Morgan fingerprint density at radius 1 is 1.35 bits per heavy atom. The predicted molar refractivity (Wildman–Crippen MR) is 91.3 cm³/mol. The van der Waals surface area contributed by atoms with E-state index in [1.807, 2.05) is 18.2 Å². The third kappa shape index (κ3) is 3.03. The van der Waals surface area contributed by atoms with Crippen molar-refractivity contribution in [3.63, 3.8) is 0 Å². The molecule has 3 rings (SSSR count). The van der Waals surface area contributed by atoms with E-state index in [1.54, 1.807) is 0 Å². The topological polar surface area (TPSA) is 56.8 Å². The molecular weight excluding hydrogens is 290 g/mol. The Kier molecular flexibility index (Phi) is 4.76. The second kappa shape index (κ2) is 6.63. The van der Waals surface area contributed by atoms with Gasteiger partial charge in [0.05, 0.1) is 19.3 Å². The summed E-state index contributed by atoms with van der Waals surface area (Å²) >= 11 is 0. The molecule has 2 N–H and O–H groups in total. The minimum Gasteiger partial charge on any atom is -0.459 e. The number of rotatable bonds is 5. The van der Waals surface area contributed by atoms with Gasteiger partial charge in [0, 0.05) is 23.9 Å². The van der Waals surface area contributed by atoms with Gasteiger partial charge in [-0.3, -0.25) is 4.90 Å². The van der Waals surface area contributed by atoms with Crippen molar-refractivity contribution in [1.82, 2.24) is 4.90 Å². The van der Waals surface area contributed by atoms with E-state index in [2.05, 4.69) is 24.8 Å². The number of aliphatic hydroxyl groups is 2. The lowest BCUT2D eigenvalue weighted by atomic mass is 9.74. The molecule has 2 aromatic rings. The molecule has 0 amide bonds. The molecule has 1 saturated heterocycles. The number of benzene rings is 1. The van der Waals surface area contributed by atoms with Crippen molar-refractivity contribution in [2.75, 3.05) is 19.7 Å². The molecular formula is C19H27NO3. The van der Waals surface area contributed by atoms with E-state index >= 15 is 0 Å². The van der Waals surface area contributed by atoms with Gasteiger partial charge in [0.15, 0.2) is 0 Å². The maximum Gasteiger partial charge on any atom is 0.134 e. The molecule has 0 radical (unpaired) electrons. The molecule has 2 heterocycles. The molecule has 0 unspecified atom stereocenters. The summed E-state index contributed by atoms with van der Waals surface area (Å²) in [6.07, 6.45) is 2.11. The van der Waals surface area contributed by atoms with E-state index in [0.29, 0.717) is 6.42 Å². The van der Waals surface area contributed by atoms with Gasteiger partial charge in [-0.1, -0.05) is 31.5 Å². The highest BCUT2D eigenvalue weighted by Gasteiger charge is 2.41. The Bertz CT molecular complexity index is 666. The van der Waals surface area contributed by atoms with Crippen molar-refractivity contribution in [2.24, 2.45) is 5.41 Å². The van der Waals surface area contributed by atoms with E-state index in [9.17, 15) is 10.2 Å². The molecule has 0 spiro atoms. The zero-order chi connectivity index (χ0) is 16.4. The number of likely N-dealkylation sites (tertiary alicyclic amines) is 1. The van der Waals surface area contributed by atoms with Crippen molar-refractivity contribution in [3.8, 4) is 0 Å². The summed E-state index contributed by atoms with van der Waals surface area (Å²) in [7, 11) is 0. The zero-order valence-electron chi connectivity index (χ0n) is 14.1. The fourth-order valence-electron chi connectivity index (χ4n) is 3.93. The van der Waals surface area contributed by atoms with Crippen LogP contribution in [0.15, 0.2) is 28.7 Å². The molecule has 4 nitrogen and oxygen atoms in total. The van der Waals surface area contributed by atoms with Gasteiger partial charge in [-0.2, -0.15) is 0 Å². The number of hydrogen-bond donors (Lipinski definition) is 2. The smallest absolute Gasteiger partial charge is 0.134 e. The van der Waals surface area contributed by atoms with E-state index in [4.69, 9.17) is 4.42 Å². The molecule has 0 aliphatic carbocycles. The Morgan fingerprint density at radius 3 is 2.83 bits per heavy atom. The van der Waals surface area contributed by atoms with Gasteiger partial charge in [-0.15, -0.1) is 0 Å². The first-order chi connectivity index (χ1) is 11.1. The molecule has 0 saturated carbocycles. The normalized spacial score (nSPS) is 26.0. The summed E-state index contributed by atoms with van der Waals surface area (Å²) in [6.45, 7) is 6.53. The second-order valence-corrected chi connectivity index (χ2v) is 6.93. The molecule has 1 fully saturated rings. The third-order valence-electron chi connectivity index (χ3n) is 5.34. The van der Waals surface area contributed by atoms with Crippen LogP contribution in [0.4, 0.5) is 0 Å². The summed E-state index contributed by atoms with van der Waals surface area (Å²) in [4.78, 5) is 2.31. The van der Waals surface area contributed by atoms with Crippen molar-refractivity contribution in [2.45, 2.75) is 45.8 Å². The van der Waals surface area contributed by atoms with Crippen LogP contribution in [0.3, 0.4) is 0 Å². The summed E-state index contributed by atoms with van der Waals surface area (Å²) in [6, 6.07) is 8.11. The lowest BCUT2D eigenvalue weighted by Crippen LogP contribution is -2.53. The van der Waals surface area contributed by atoms with Gasteiger partial charge < -0.3 is 14.6 Å². The molecule has 126 valence electrons. The van der Waals surface area contributed by atoms with Crippen molar-refractivity contribution in [1.29, 1.82) is 0 Å². The highest BCUT2D eigenvalue weighted by Crippen LogP contribution is 2.36. The quantitative estimate of drug-likeness (QED) is 0.890. The highest BCUT2D eigenvalue weighted by atomic mass is 16.3. The van der Waals surface area contributed by atoms with Crippen LogP contribution in [0.5, 0.6) is 0 Å². The number of fused-ring (bicyclic) bond motifs is 1. The van der Waals surface area contributed by atoms with Crippen LogP contribution in [0, 0.1) is 12.3 Å². The van der Waals surface area contributed by atoms with Crippen LogP contribution < -0.4 is 0 Å². The zero-order valence-corrected chi connectivity index (χ0v) is 14.1. The van der Waals surface area contributed by atoms with Crippen LogP contribution in [-0.4, -0.2) is 40.9 Å². The first-order valence-electron chi connectivity index (χ1n) is 8.58. The molecule has 1 aliphatic rings. The highest BCUT2D eigenvalue weighted by molar-refractivity contribution is 5.81. The van der Waals surface area contributed by atoms with Crippen LogP contribution in [0.2, 0.25) is 0 Å². The Hall–Kier alpha value is -1.36. The number of aliphatic hydroxyl groups excluding tert-OH is 2. The minimum absolute atomic E-state index is 0.0393. The van der Waals surface area contributed by atoms with Gasteiger partial charge in [0.2, 0.25) is 0 Å². The molecule has 1 aromatic heterocycles. The second-order valence-electron chi connectivity index (χ2n) is 6.93. The van der Waals surface area contributed by atoms with Crippen molar-refractivity contribution >= 4 is 11.0 Å². The Balaban J connectivity index is 1.80. The Labute approximate surface area is 137 Å². The molecule has 0 bridgehead atoms. The lowest BCUT2D eigenvalue weighted by Gasteiger charge is -2.45. The SMILES string of the molecule is CCC[C@@]1(CO)CN(Cc2oc3ccccc3c2C)CC[C@H]1O. The van der Waals surface area contributed by atoms with Crippen LogP contribution in [-0.2, 0) is 6.54 Å². The summed E-state index contributed by atoms with van der Waals surface area (Å²) in [5.41, 5.74) is 1.73. The number of nitrogens with zero attached hydrogens (tertiary/aromatic N) is 1. The third-order valence-corrected chi connectivity index (χ3v) is 5.34. The first kappa shape index (κ1) is 16.5. The van der Waals surface area contributed by atoms with Gasteiger partial charge in [0.1, 0.15) is 11.3 Å². The Morgan fingerprint density at radius 2 is 2.13 bits per heavy atom. The number of hydrogen-bond acceptors (Lipinski definition) is 4. The number of piperidine rings is 1. The number of furan rings is 1. The van der Waals surface area contributed by atoms with Gasteiger partial charge in [0.25, 0.3) is 0 Å². The number of aryl methyl sites for hydroxylation is 1. The molecule has 4 heteroatoms. The van der Waals surface area contributed by atoms with E-state index in [-0.39, 0.29) is 6.61 Å². The summed E-state index contributed by atoms with van der Waals surface area (Å²) < 4.78 is 6.02. The van der Waals surface area contributed by atoms with Gasteiger partial charge in [-0.25, -0.2) is 0 Å². The average molecular weight is 317 g/mol. The lowest BCUT2D eigenvalue weighted by molar-refractivity contribution is -0.0829. The summed E-state index contributed by atoms with van der Waals surface area (Å²) in [5.74, 6) is 0.992. The molecule has 1 aromatic carbocycles. The van der Waals surface area contributed by atoms with Crippen molar-refractivity contribution in [3.05, 3.63) is 35.6 Å². The van der Waals surface area contributed by atoms with E-state index in [1.165, 1.54) is 10.9 Å². The van der Waals surface area contributed by atoms with E-state index in [0.717, 1.165) is 43.8 Å². The molecule has 23 heavy (non-hydrogen) atoms. The fraction of sp³-hybridized carbons (Fsp3) is 0.579.